The molecule has 3 nitrogen and oxygen atoms in total. The molecule has 0 heterocycles. The van der Waals surface area contributed by atoms with E-state index in [1.807, 2.05) is 12.1 Å². The first-order valence-electron chi connectivity index (χ1n) is 7.68. The highest BCUT2D eigenvalue weighted by Gasteiger charge is 2.30. The van der Waals surface area contributed by atoms with Gasteiger partial charge in [0, 0.05) is 5.69 Å². The van der Waals surface area contributed by atoms with Crippen LogP contribution in [0.4, 0.5) is 18.9 Å². The summed E-state index contributed by atoms with van der Waals surface area (Å²) in [4.78, 5) is 11.9. The molecule has 7 heteroatoms. The lowest BCUT2D eigenvalue weighted by atomic mass is 10.1. The van der Waals surface area contributed by atoms with Crippen LogP contribution in [0, 0.1) is 0 Å². The number of nitrogens with one attached hydrogen (secondary N) is 1. The number of aryl methyl sites for hydroxylation is 1. The standard InChI is InChI=1S/C18H17BrF3NO2/c1-2-4-12-7-8-16(15(19)9-12)25-11-17(24)23-14-6-3-5-13(10-14)18(20,21)22/h3,5-10H,2,4,11H2,1H3,(H,23,24). The van der Waals surface area contributed by atoms with E-state index in [0.717, 1.165) is 35.0 Å². The van der Waals surface area contributed by atoms with Crippen LogP contribution >= 0.6 is 15.9 Å². The topological polar surface area (TPSA) is 38.3 Å². The molecule has 2 aromatic rings. The maximum atomic E-state index is 12.7. The molecule has 0 unspecified atom stereocenters. The number of benzene rings is 2. The van der Waals surface area contributed by atoms with Gasteiger partial charge in [-0.3, -0.25) is 4.79 Å². The van der Waals surface area contributed by atoms with E-state index in [0.29, 0.717) is 5.75 Å². The fourth-order valence-corrected chi connectivity index (χ4v) is 2.76. The van der Waals surface area contributed by atoms with Crippen LogP contribution in [0.15, 0.2) is 46.9 Å². The van der Waals surface area contributed by atoms with Crippen molar-refractivity contribution in [2.75, 3.05) is 11.9 Å². The van der Waals surface area contributed by atoms with Crippen LogP contribution in [-0.4, -0.2) is 12.5 Å². The van der Waals surface area contributed by atoms with Crippen molar-refractivity contribution in [1.29, 1.82) is 0 Å². The number of anilines is 1. The van der Waals surface area contributed by atoms with Gasteiger partial charge < -0.3 is 10.1 Å². The Kier molecular flexibility index (Phi) is 6.47. The minimum absolute atomic E-state index is 0.0702. The zero-order valence-electron chi connectivity index (χ0n) is 13.5. The molecule has 0 spiro atoms. The first kappa shape index (κ1) is 19.3. The van der Waals surface area contributed by atoms with Crippen molar-refractivity contribution in [3.8, 4) is 5.75 Å². The summed E-state index contributed by atoms with van der Waals surface area (Å²) in [5.41, 5.74) is 0.399. The van der Waals surface area contributed by atoms with E-state index in [-0.39, 0.29) is 12.3 Å². The van der Waals surface area contributed by atoms with Gasteiger partial charge in [-0.15, -0.1) is 0 Å². The van der Waals surface area contributed by atoms with Crippen molar-refractivity contribution < 1.29 is 22.7 Å². The predicted molar refractivity (Wildman–Crippen MR) is 93.7 cm³/mol. The molecule has 2 rings (SSSR count). The van der Waals surface area contributed by atoms with Gasteiger partial charge >= 0.3 is 6.18 Å². The number of hydrogen-bond acceptors (Lipinski definition) is 2. The van der Waals surface area contributed by atoms with Crippen LogP contribution in [0.3, 0.4) is 0 Å². The summed E-state index contributed by atoms with van der Waals surface area (Å²) in [7, 11) is 0. The fraction of sp³-hybridized carbons (Fsp3) is 0.278. The molecule has 0 radical (unpaired) electrons. The Bertz CT molecular complexity index is 747. The number of halogens is 4. The van der Waals surface area contributed by atoms with Crippen molar-refractivity contribution in [1.82, 2.24) is 0 Å². The van der Waals surface area contributed by atoms with E-state index < -0.39 is 17.6 Å². The number of carbonyl (C=O) groups is 1. The van der Waals surface area contributed by atoms with E-state index >= 15 is 0 Å². The number of hydrogen-bond donors (Lipinski definition) is 1. The van der Waals surface area contributed by atoms with Crippen LogP contribution in [0.25, 0.3) is 0 Å². The van der Waals surface area contributed by atoms with E-state index in [1.165, 1.54) is 12.1 Å². The summed E-state index contributed by atoms with van der Waals surface area (Å²) < 4.78 is 44.1. The zero-order chi connectivity index (χ0) is 18.4. The fourth-order valence-electron chi connectivity index (χ4n) is 2.22. The number of ether oxygens (including phenoxy) is 1. The molecule has 0 aromatic heterocycles. The minimum Gasteiger partial charge on any atom is -0.483 e. The van der Waals surface area contributed by atoms with E-state index in [9.17, 15) is 18.0 Å². The molecule has 25 heavy (non-hydrogen) atoms. The van der Waals surface area contributed by atoms with Crippen LogP contribution < -0.4 is 10.1 Å². The van der Waals surface area contributed by atoms with Gasteiger partial charge in [0.1, 0.15) is 5.75 Å². The number of amides is 1. The predicted octanol–water partition coefficient (Wildman–Crippen LogP) is 5.44. The van der Waals surface area contributed by atoms with Gasteiger partial charge in [-0.25, -0.2) is 0 Å². The summed E-state index contributed by atoms with van der Waals surface area (Å²) >= 11 is 3.38. The third-order valence-corrected chi connectivity index (χ3v) is 3.99. The maximum absolute atomic E-state index is 12.7. The average Bonchev–Trinajstić information content (AvgIpc) is 2.54. The molecule has 0 saturated heterocycles. The number of carbonyl (C=O) groups excluding carboxylic acids is 1. The van der Waals surface area contributed by atoms with Crippen molar-refractivity contribution in [2.45, 2.75) is 25.9 Å². The normalized spacial score (nSPS) is 11.2. The molecule has 1 amide bonds. The van der Waals surface area contributed by atoms with Crippen molar-refractivity contribution in [3.63, 3.8) is 0 Å². The number of alkyl halides is 3. The monoisotopic (exact) mass is 415 g/mol. The largest absolute Gasteiger partial charge is 0.483 e. The zero-order valence-corrected chi connectivity index (χ0v) is 15.1. The van der Waals surface area contributed by atoms with Crippen molar-refractivity contribution in [2.24, 2.45) is 0 Å². The van der Waals surface area contributed by atoms with Crippen LogP contribution in [-0.2, 0) is 17.4 Å². The summed E-state index contributed by atoms with van der Waals surface area (Å²) in [6.07, 6.45) is -2.50. The molecule has 0 fully saturated rings. The van der Waals surface area contributed by atoms with Crippen molar-refractivity contribution in [3.05, 3.63) is 58.1 Å². The molecule has 0 aliphatic rings. The molecule has 0 bridgehead atoms. The minimum atomic E-state index is -4.46. The average molecular weight is 416 g/mol. The Morgan fingerprint density at radius 1 is 1.20 bits per heavy atom. The SMILES string of the molecule is CCCc1ccc(OCC(=O)Nc2cccc(C(F)(F)F)c2)c(Br)c1. The van der Waals surface area contributed by atoms with Gasteiger partial charge in [-0.05, 0) is 58.2 Å². The lowest BCUT2D eigenvalue weighted by Gasteiger charge is -2.11. The van der Waals surface area contributed by atoms with Gasteiger partial charge in [0.25, 0.3) is 5.91 Å². The van der Waals surface area contributed by atoms with E-state index in [1.54, 1.807) is 6.07 Å². The molecule has 1 N–H and O–H groups in total. The summed E-state index contributed by atoms with van der Waals surface area (Å²) in [6, 6.07) is 10.0. The third kappa shape index (κ3) is 5.77. The van der Waals surface area contributed by atoms with E-state index in [4.69, 9.17) is 4.74 Å². The van der Waals surface area contributed by atoms with Gasteiger partial charge in [0.15, 0.2) is 6.61 Å². The maximum Gasteiger partial charge on any atom is 0.416 e. The lowest BCUT2D eigenvalue weighted by molar-refractivity contribution is -0.137. The summed E-state index contributed by atoms with van der Waals surface area (Å²) in [6.45, 7) is 1.78. The Morgan fingerprint density at radius 2 is 1.96 bits per heavy atom. The highest BCUT2D eigenvalue weighted by molar-refractivity contribution is 9.10. The Hall–Kier alpha value is -2.02. The molecule has 0 aliphatic heterocycles. The molecule has 134 valence electrons. The smallest absolute Gasteiger partial charge is 0.416 e. The first-order chi connectivity index (χ1) is 11.8. The highest BCUT2D eigenvalue weighted by Crippen LogP contribution is 2.30. The Morgan fingerprint density at radius 3 is 2.60 bits per heavy atom. The highest BCUT2D eigenvalue weighted by atomic mass is 79.9. The van der Waals surface area contributed by atoms with Crippen LogP contribution in [0.1, 0.15) is 24.5 Å². The molecule has 2 aromatic carbocycles. The second kappa shape index (κ2) is 8.38. The first-order valence-corrected chi connectivity index (χ1v) is 8.47. The Balaban J connectivity index is 1.95. The van der Waals surface area contributed by atoms with Gasteiger partial charge in [0.2, 0.25) is 0 Å². The Labute approximate surface area is 152 Å². The lowest BCUT2D eigenvalue weighted by Crippen LogP contribution is -2.20. The molecule has 0 saturated carbocycles. The van der Waals surface area contributed by atoms with Crippen LogP contribution in [0.5, 0.6) is 5.75 Å². The second-order valence-corrected chi connectivity index (χ2v) is 6.28. The quantitative estimate of drug-likeness (QED) is 0.682. The third-order valence-electron chi connectivity index (χ3n) is 3.37. The van der Waals surface area contributed by atoms with Crippen molar-refractivity contribution >= 4 is 27.5 Å². The van der Waals surface area contributed by atoms with Gasteiger partial charge in [0.05, 0.1) is 10.0 Å². The molecular formula is C18H17BrF3NO2. The molecular weight excluding hydrogens is 399 g/mol. The number of rotatable bonds is 6. The van der Waals surface area contributed by atoms with Gasteiger partial charge in [-0.1, -0.05) is 25.5 Å². The molecule has 0 atom stereocenters. The van der Waals surface area contributed by atoms with Gasteiger partial charge in [-0.2, -0.15) is 13.2 Å². The van der Waals surface area contributed by atoms with Crippen LogP contribution in [0.2, 0.25) is 0 Å². The van der Waals surface area contributed by atoms with E-state index in [2.05, 4.69) is 28.2 Å². The summed E-state index contributed by atoms with van der Waals surface area (Å²) in [5, 5.41) is 2.40. The second-order valence-electron chi connectivity index (χ2n) is 5.43. The molecule has 0 aliphatic carbocycles. The summed E-state index contributed by atoms with van der Waals surface area (Å²) in [5.74, 6) is -0.0390.